The highest BCUT2D eigenvalue weighted by Crippen LogP contribution is 2.20. The highest BCUT2D eigenvalue weighted by molar-refractivity contribution is 4.87. The standard InChI is InChI=1S/C8H12F2N2/c9-8(10)6-12-5-1-2-7(12)3-4-11/h7-8H,1-3,5-6H2. The van der Waals surface area contributed by atoms with Crippen LogP contribution >= 0.6 is 0 Å². The number of halogens is 2. The van der Waals surface area contributed by atoms with Gasteiger partial charge in [0.2, 0.25) is 0 Å². The molecular formula is C8H12F2N2. The van der Waals surface area contributed by atoms with E-state index in [1.807, 2.05) is 6.07 Å². The molecule has 0 aromatic carbocycles. The summed E-state index contributed by atoms with van der Waals surface area (Å²) in [6, 6.07) is 2.10. The van der Waals surface area contributed by atoms with Gasteiger partial charge in [0.05, 0.1) is 19.0 Å². The summed E-state index contributed by atoms with van der Waals surface area (Å²) in [6.45, 7) is 0.545. The lowest BCUT2D eigenvalue weighted by Gasteiger charge is -2.21. The van der Waals surface area contributed by atoms with Gasteiger partial charge >= 0.3 is 0 Å². The molecule has 1 fully saturated rings. The molecule has 4 heteroatoms. The second kappa shape index (κ2) is 4.36. The highest BCUT2D eigenvalue weighted by Gasteiger charge is 2.26. The average molecular weight is 174 g/mol. The molecule has 0 amide bonds. The number of likely N-dealkylation sites (tertiary alicyclic amines) is 1. The number of rotatable bonds is 3. The van der Waals surface area contributed by atoms with Crippen molar-refractivity contribution in [3.05, 3.63) is 0 Å². The maximum atomic E-state index is 12.0. The van der Waals surface area contributed by atoms with Gasteiger partial charge in [0.15, 0.2) is 0 Å². The van der Waals surface area contributed by atoms with Gasteiger partial charge in [-0.15, -0.1) is 0 Å². The molecule has 1 rings (SSSR count). The van der Waals surface area contributed by atoms with E-state index in [1.165, 1.54) is 0 Å². The summed E-state index contributed by atoms with van der Waals surface area (Å²) in [6.07, 6.45) is -0.0595. The second-order valence-corrected chi connectivity index (χ2v) is 3.04. The lowest BCUT2D eigenvalue weighted by Crippen LogP contribution is -2.33. The molecule has 0 spiro atoms. The van der Waals surface area contributed by atoms with Gasteiger partial charge in [0.25, 0.3) is 6.43 Å². The van der Waals surface area contributed by atoms with Gasteiger partial charge in [-0.05, 0) is 19.4 Å². The highest BCUT2D eigenvalue weighted by atomic mass is 19.3. The third-order valence-corrected chi connectivity index (χ3v) is 2.20. The Hall–Kier alpha value is -0.690. The van der Waals surface area contributed by atoms with Crippen LogP contribution in [0.1, 0.15) is 19.3 Å². The molecule has 0 radical (unpaired) electrons. The van der Waals surface area contributed by atoms with E-state index in [1.54, 1.807) is 4.90 Å². The van der Waals surface area contributed by atoms with Crippen LogP contribution in [0.15, 0.2) is 0 Å². The van der Waals surface area contributed by atoms with Crippen LogP contribution in [0.5, 0.6) is 0 Å². The largest absolute Gasteiger partial charge is 0.294 e. The smallest absolute Gasteiger partial charge is 0.251 e. The molecule has 2 nitrogen and oxygen atoms in total. The van der Waals surface area contributed by atoms with E-state index in [2.05, 4.69) is 0 Å². The fourth-order valence-corrected chi connectivity index (χ4v) is 1.65. The molecule has 68 valence electrons. The van der Waals surface area contributed by atoms with Gasteiger partial charge in [-0.25, -0.2) is 8.78 Å². The van der Waals surface area contributed by atoms with E-state index in [0.29, 0.717) is 6.42 Å². The second-order valence-electron chi connectivity index (χ2n) is 3.04. The first-order chi connectivity index (χ1) is 5.74. The SMILES string of the molecule is N#CCC1CCCN1CC(F)F. The predicted octanol–water partition coefficient (Wildman–Crippen LogP) is 1.63. The Bertz CT molecular complexity index is 176. The molecule has 0 aromatic heterocycles. The van der Waals surface area contributed by atoms with Crippen LogP contribution in [-0.4, -0.2) is 30.5 Å². The van der Waals surface area contributed by atoms with Gasteiger partial charge in [-0.1, -0.05) is 0 Å². The number of hydrogen-bond donors (Lipinski definition) is 0. The van der Waals surface area contributed by atoms with Crippen LogP contribution in [-0.2, 0) is 0 Å². The average Bonchev–Trinajstić information content (AvgIpc) is 2.37. The summed E-state index contributed by atoms with van der Waals surface area (Å²) in [7, 11) is 0. The van der Waals surface area contributed by atoms with Gasteiger partial charge < -0.3 is 0 Å². The van der Waals surface area contributed by atoms with E-state index in [-0.39, 0.29) is 12.6 Å². The topological polar surface area (TPSA) is 27.0 Å². The quantitative estimate of drug-likeness (QED) is 0.650. The van der Waals surface area contributed by atoms with Crippen LogP contribution in [0.25, 0.3) is 0 Å². The van der Waals surface area contributed by atoms with Crippen molar-refractivity contribution in [2.24, 2.45) is 0 Å². The van der Waals surface area contributed by atoms with E-state index >= 15 is 0 Å². The zero-order chi connectivity index (χ0) is 8.97. The molecule has 1 unspecified atom stereocenters. The number of hydrogen-bond acceptors (Lipinski definition) is 2. The van der Waals surface area contributed by atoms with Crippen molar-refractivity contribution in [3.8, 4) is 6.07 Å². The molecule has 1 aliphatic rings. The van der Waals surface area contributed by atoms with Crippen molar-refractivity contribution in [1.82, 2.24) is 4.90 Å². The maximum absolute atomic E-state index is 12.0. The fraction of sp³-hybridized carbons (Fsp3) is 0.875. The molecule has 0 aliphatic carbocycles. The molecular weight excluding hydrogens is 162 g/mol. The van der Waals surface area contributed by atoms with Crippen molar-refractivity contribution in [1.29, 1.82) is 5.26 Å². The fourth-order valence-electron chi connectivity index (χ4n) is 1.65. The van der Waals surface area contributed by atoms with E-state index in [0.717, 1.165) is 19.4 Å². The zero-order valence-electron chi connectivity index (χ0n) is 6.84. The van der Waals surface area contributed by atoms with Crippen LogP contribution in [0, 0.1) is 11.3 Å². The van der Waals surface area contributed by atoms with Crippen LogP contribution in [0.3, 0.4) is 0 Å². The summed E-state index contributed by atoms with van der Waals surface area (Å²) in [5.41, 5.74) is 0. The minimum atomic E-state index is -2.27. The van der Waals surface area contributed by atoms with Crippen molar-refractivity contribution < 1.29 is 8.78 Å². The Kier molecular flexibility index (Phi) is 3.42. The van der Waals surface area contributed by atoms with Crippen molar-refractivity contribution in [2.75, 3.05) is 13.1 Å². The first-order valence-electron chi connectivity index (χ1n) is 4.13. The minimum absolute atomic E-state index is 0.0731. The molecule has 0 aromatic rings. The summed E-state index contributed by atoms with van der Waals surface area (Å²) in [5.74, 6) is 0. The van der Waals surface area contributed by atoms with Gasteiger partial charge in [-0.2, -0.15) is 5.26 Å². The monoisotopic (exact) mass is 174 g/mol. The Morgan fingerprint density at radius 1 is 1.58 bits per heavy atom. The molecule has 0 N–H and O–H groups in total. The maximum Gasteiger partial charge on any atom is 0.251 e. The summed E-state index contributed by atoms with van der Waals surface area (Å²) in [4.78, 5) is 1.72. The normalized spacial score (nSPS) is 24.7. The molecule has 1 heterocycles. The van der Waals surface area contributed by atoms with Gasteiger partial charge in [0.1, 0.15) is 0 Å². The van der Waals surface area contributed by atoms with E-state index in [4.69, 9.17) is 5.26 Å². The third kappa shape index (κ3) is 2.42. The van der Waals surface area contributed by atoms with Crippen molar-refractivity contribution in [2.45, 2.75) is 31.7 Å². The zero-order valence-corrected chi connectivity index (χ0v) is 6.84. The Morgan fingerprint density at radius 3 is 2.92 bits per heavy atom. The van der Waals surface area contributed by atoms with E-state index < -0.39 is 6.43 Å². The lowest BCUT2D eigenvalue weighted by molar-refractivity contribution is 0.0830. The number of alkyl halides is 2. The van der Waals surface area contributed by atoms with Crippen LogP contribution < -0.4 is 0 Å². The Balaban J connectivity index is 2.36. The predicted molar refractivity (Wildman–Crippen MR) is 40.8 cm³/mol. The summed E-state index contributed by atoms with van der Waals surface area (Å²) < 4.78 is 24.0. The third-order valence-electron chi connectivity index (χ3n) is 2.20. The Labute approximate surface area is 70.8 Å². The molecule has 0 bridgehead atoms. The first kappa shape index (κ1) is 9.40. The molecule has 1 atom stereocenters. The van der Waals surface area contributed by atoms with Crippen LogP contribution in [0.2, 0.25) is 0 Å². The first-order valence-corrected chi connectivity index (χ1v) is 4.13. The molecule has 1 aliphatic heterocycles. The van der Waals surface area contributed by atoms with Crippen molar-refractivity contribution in [3.63, 3.8) is 0 Å². The van der Waals surface area contributed by atoms with Crippen molar-refractivity contribution >= 4 is 0 Å². The molecule has 0 saturated carbocycles. The minimum Gasteiger partial charge on any atom is -0.294 e. The van der Waals surface area contributed by atoms with Gasteiger partial charge in [-0.3, -0.25) is 4.90 Å². The molecule has 12 heavy (non-hydrogen) atoms. The Morgan fingerprint density at radius 2 is 2.33 bits per heavy atom. The van der Waals surface area contributed by atoms with Gasteiger partial charge in [0, 0.05) is 6.04 Å². The number of nitriles is 1. The summed E-state index contributed by atoms with van der Waals surface area (Å²) >= 11 is 0. The summed E-state index contributed by atoms with van der Waals surface area (Å²) in [5, 5.41) is 8.41. The molecule has 1 saturated heterocycles. The van der Waals surface area contributed by atoms with Crippen LogP contribution in [0.4, 0.5) is 8.78 Å². The number of nitrogens with zero attached hydrogens (tertiary/aromatic N) is 2. The van der Waals surface area contributed by atoms with E-state index in [9.17, 15) is 8.78 Å². The lowest BCUT2D eigenvalue weighted by atomic mass is 10.2.